The van der Waals surface area contributed by atoms with E-state index in [1.54, 1.807) is 0 Å². The predicted molar refractivity (Wildman–Crippen MR) is 93.9 cm³/mol. The molecule has 0 aliphatic heterocycles. The number of hydrogen-bond donors (Lipinski definition) is 1. The lowest BCUT2D eigenvalue weighted by molar-refractivity contribution is -0.116. The summed E-state index contributed by atoms with van der Waals surface area (Å²) in [7, 11) is 0. The van der Waals surface area contributed by atoms with Crippen LogP contribution >= 0.6 is 0 Å². The van der Waals surface area contributed by atoms with Crippen molar-refractivity contribution < 1.29 is 9.59 Å². The van der Waals surface area contributed by atoms with Gasteiger partial charge < -0.3 is 5.32 Å². The molecule has 23 heavy (non-hydrogen) atoms. The molecule has 3 nitrogen and oxygen atoms in total. The fourth-order valence-electron chi connectivity index (χ4n) is 2.57. The number of ketones is 1. The van der Waals surface area contributed by atoms with Crippen LogP contribution in [0.2, 0.25) is 0 Å². The van der Waals surface area contributed by atoms with Gasteiger partial charge in [0.05, 0.1) is 0 Å². The minimum atomic E-state index is -0.131. The first-order valence-electron chi connectivity index (χ1n) is 7.98. The number of aryl methyl sites for hydroxylation is 3. The summed E-state index contributed by atoms with van der Waals surface area (Å²) in [5, 5.41) is 2.86. The van der Waals surface area contributed by atoms with E-state index in [4.69, 9.17) is 0 Å². The lowest BCUT2D eigenvalue weighted by Crippen LogP contribution is -2.13. The lowest BCUT2D eigenvalue weighted by Gasteiger charge is -2.07. The van der Waals surface area contributed by atoms with Crippen molar-refractivity contribution in [3.8, 4) is 0 Å². The van der Waals surface area contributed by atoms with E-state index in [0.29, 0.717) is 5.56 Å². The summed E-state index contributed by atoms with van der Waals surface area (Å²) >= 11 is 0. The first-order valence-corrected chi connectivity index (χ1v) is 7.98. The maximum atomic E-state index is 12.1. The largest absolute Gasteiger partial charge is 0.326 e. The molecule has 0 atom stereocenters. The Balaban J connectivity index is 1.89. The minimum absolute atomic E-state index is 0.00299. The molecular formula is C20H23NO2. The summed E-state index contributed by atoms with van der Waals surface area (Å²) in [6.07, 6.45) is 1.37. The summed E-state index contributed by atoms with van der Waals surface area (Å²) in [6, 6.07) is 13.5. The molecule has 0 radical (unpaired) electrons. The molecule has 0 aliphatic rings. The van der Waals surface area contributed by atoms with Gasteiger partial charge in [0.15, 0.2) is 5.78 Å². The Morgan fingerprint density at radius 3 is 2.09 bits per heavy atom. The molecule has 1 N–H and O–H groups in total. The van der Waals surface area contributed by atoms with Crippen molar-refractivity contribution in [2.45, 2.75) is 40.0 Å². The Hall–Kier alpha value is -2.42. The molecule has 120 valence electrons. The first kappa shape index (κ1) is 16.9. The van der Waals surface area contributed by atoms with Crippen molar-refractivity contribution in [1.82, 2.24) is 0 Å². The van der Waals surface area contributed by atoms with Gasteiger partial charge in [0.2, 0.25) is 5.91 Å². The van der Waals surface area contributed by atoms with E-state index in [-0.39, 0.29) is 24.5 Å². The van der Waals surface area contributed by atoms with Crippen LogP contribution in [0, 0.1) is 13.8 Å². The molecule has 2 aromatic rings. The van der Waals surface area contributed by atoms with E-state index >= 15 is 0 Å². The Bertz CT molecular complexity index is 682. The summed E-state index contributed by atoms with van der Waals surface area (Å²) < 4.78 is 0. The first-order chi connectivity index (χ1) is 11.0. The third-order valence-electron chi connectivity index (χ3n) is 3.77. The number of benzene rings is 2. The average molecular weight is 309 g/mol. The van der Waals surface area contributed by atoms with Gasteiger partial charge in [0.1, 0.15) is 0 Å². The van der Waals surface area contributed by atoms with Crippen molar-refractivity contribution in [1.29, 1.82) is 0 Å². The monoisotopic (exact) mass is 309 g/mol. The molecular weight excluding hydrogens is 286 g/mol. The van der Waals surface area contributed by atoms with Crippen LogP contribution in [0.5, 0.6) is 0 Å². The van der Waals surface area contributed by atoms with Crippen molar-refractivity contribution in [3.05, 3.63) is 64.7 Å². The van der Waals surface area contributed by atoms with Crippen LogP contribution in [-0.2, 0) is 11.2 Å². The molecule has 3 heteroatoms. The zero-order valence-corrected chi connectivity index (χ0v) is 14.0. The van der Waals surface area contributed by atoms with E-state index in [9.17, 15) is 9.59 Å². The number of hydrogen-bond acceptors (Lipinski definition) is 2. The molecule has 0 fully saturated rings. The number of nitrogens with one attached hydrogen (secondary N) is 1. The standard InChI is InChI=1S/C20H23NO2/c1-4-16-5-7-17(8-6-16)19(22)9-10-20(23)21-18-12-14(2)11-15(3)13-18/h5-8,11-13H,4,9-10H2,1-3H3,(H,21,23). The van der Waals surface area contributed by atoms with Crippen LogP contribution in [0.1, 0.15) is 46.8 Å². The van der Waals surface area contributed by atoms with Crippen LogP contribution in [0.25, 0.3) is 0 Å². The maximum Gasteiger partial charge on any atom is 0.224 e. The van der Waals surface area contributed by atoms with Crippen LogP contribution in [-0.4, -0.2) is 11.7 Å². The van der Waals surface area contributed by atoms with Gasteiger partial charge in [0.25, 0.3) is 0 Å². The van der Waals surface area contributed by atoms with E-state index < -0.39 is 0 Å². The minimum Gasteiger partial charge on any atom is -0.326 e. The number of amides is 1. The molecule has 0 saturated carbocycles. The summed E-state index contributed by atoms with van der Waals surface area (Å²) in [6.45, 7) is 6.06. The highest BCUT2D eigenvalue weighted by Gasteiger charge is 2.10. The van der Waals surface area contributed by atoms with E-state index in [1.165, 1.54) is 5.56 Å². The molecule has 2 aromatic carbocycles. The highest BCUT2D eigenvalue weighted by atomic mass is 16.2. The fraction of sp³-hybridized carbons (Fsp3) is 0.300. The third kappa shape index (κ3) is 5.06. The summed E-state index contributed by atoms with van der Waals surface area (Å²) in [4.78, 5) is 24.1. The molecule has 0 heterocycles. The second-order valence-corrected chi connectivity index (χ2v) is 5.90. The normalized spacial score (nSPS) is 10.4. The summed E-state index contributed by atoms with van der Waals surface area (Å²) in [5.74, 6) is -0.128. The zero-order valence-electron chi connectivity index (χ0n) is 14.0. The molecule has 0 unspecified atom stereocenters. The zero-order chi connectivity index (χ0) is 16.8. The molecule has 0 bridgehead atoms. The van der Waals surface area contributed by atoms with Gasteiger partial charge in [-0.3, -0.25) is 9.59 Å². The van der Waals surface area contributed by atoms with Crippen molar-refractivity contribution in [2.75, 3.05) is 5.32 Å². The summed E-state index contributed by atoms with van der Waals surface area (Å²) in [5.41, 5.74) is 4.86. The third-order valence-corrected chi connectivity index (χ3v) is 3.77. The van der Waals surface area contributed by atoms with E-state index in [2.05, 4.69) is 18.3 Å². The number of carbonyl (C=O) groups is 2. The van der Waals surface area contributed by atoms with Crippen molar-refractivity contribution >= 4 is 17.4 Å². The van der Waals surface area contributed by atoms with Crippen molar-refractivity contribution in [2.24, 2.45) is 0 Å². The van der Waals surface area contributed by atoms with Crippen LogP contribution in [0.3, 0.4) is 0 Å². The maximum absolute atomic E-state index is 12.1. The molecule has 0 spiro atoms. The average Bonchev–Trinajstić information content (AvgIpc) is 2.51. The van der Waals surface area contributed by atoms with Crippen LogP contribution in [0.15, 0.2) is 42.5 Å². The van der Waals surface area contributed by atoms with Crippen molar-refractivity contribution in [3.63, 3.8) is 0 Å². The Morgan fingerprint density at radius 1 is 0.913 bits per heavy atom. The number of carbonyl (C=O) groups excluding carboxylic acids is 2. The number of Topliss-reactive ketones (excluding diaryl/α,β-unsaturated/α-hetero) is 1. The Kier molecular flexibility index (Phi) is 5.69. The highest BCUT2D eigenvalue weighted by Crippen LogP contribution is 2.15. The number of rotatable bonds is 6. The van der Waals surface area contributed by atoms with Gasteiger partial charge in [-0.25, -0.2) is 0 Å². The van der Waals surface area contributed by atoms with Gasteiger partial charge in [-0.15, -0.1) is 0 Å². The van der Waals surface area contributed by atoms with Gasteiger partial charge in [-0.1, -0.05) is 37.3 Å². The molecule has 0 aromatic heterocycles. The van der Waals surface area contributed by atoms with Gasteiger partial charge in [0, 0.05) is 24.1 Å². The van der Waals surface area contributed by atoms with Gasteiger partial charge in [-0.05, 0) is 49.1 Å². The SMILES string of the molecule is CCc1ccc(C(=O)CCC(=O)Nc2cc(C)cc(C)c2)cc1. The molecule has 2 rings (SSSR count). The Labute approximate surface area is 137 Å². The lowest BCUT2D eigenvalue weighted by atomic mass is 10.0. The second-order valence-electron chi connectivity index (χ2n) is 5.90. The van der Waals surface area contributed by atoms with Crippen LogP contribution < -0.4 is 5.32 Å². The topological polar surface area (TPSA) is 46.2 Å². The highest BCUT2D eigenvalue weighted by molar-refractivity contribution is 6.00. The molecule has 0 saturated heterocycles. The van der Waals surface area contributed by atoms with E-state index in [1.807, 2.05) is 50.2 Å². The quantitative estimate of drug-likeness (QED) is 0.800. The number of anilines is 1. The fourth-order valence-corrected chi connectivity index (χ4v) is 2.57. The molecule has 1 amide bonds. The van der Waals surface area contributed by atoms with Gasteiger partial charge in [-0.2, -0.15) is 0 Å². The van der Waals surface area contributed by atoms with E-state index in [0.717, 1.165) is 23.2 Å². The Morgan fingerprint density at radius 2 is 1.52 bits per heavy atom. The predicted octanol–water partition coefficient (Wildman–Crippen LogP) is 4.47. The smallest absolute Gasteiger partial charge is 0.224 e. The van der Waals surface area contributed by atoms with Gasteiger partial charge >= 0.3 is 0 Å². The molecule has 0 aliphatic carbocycles. The second kappa shape index (κ2) is 7.73. The van der Waals surface area contributed by atoms with Crippen LogP contribution in [0.4, 0.5) is 5.69 Å².